The topological polar surface area (TPSA) is 18.0 Å². The van der Waals surface area contributed by atoms with E-state index < -0.39 is 0 Å². The van der Waals surface area contributed by atoms with Crippen molar-refractivity contribution in [2.24, 2.45) is 5.92 Å². The molecule has 1 aliphatic carbocycles. The van der Waals surface area contributed by atoms with E-state index in [2.05, 4.69) is 40.8 Å². The van der Waals surface area contributed by atoms with Crippen LogP contribution in [0.5, 0.6) is 0 Å². The van der Waals surface area contributed by atoms with Gasteiger partial charge < -0.3 is 4.74 Å². The molecule has 118 valence electrons. The van der Waals surface area contributed by atoms with Gasteiger partial charge in [-0.2, -0.15) is 0 Å². The molecular formula is C18H24ClN2O+. The molecule has 0 amide bonds. The monoisotopic (exact) mass is 319 g/mol. The maximum absolute atomic E-state index is 6.21. The number of nitrogens with zero attached hydrogens (tertiary/aromatic N) is 2. The fraction of sp³-hybridized carbons (Fsp3) is 0.500. The minimum atomic E-state index is 0.426. The number of aromatic nitrogens is 2. The lowest BCUT2D eigenvalue weighted by Crippen LogP contribution is -2.32. The highest BCUT2D eigenvalue weighted by molar-refractivity contribution is 6.31. The Morgan fingerprint density at radius 3 is 2.77 bits per heavy atom. The quantitative estimate of drug-likeness (QED) is 0.761. The first-order valence-corrected chi connectivity index (χ1v) is 8.48. The lowest BCUT2D eigenvalue weighted by molar-refractivity contribution is -0.688. The van der Waals surface area contributed by atoms with Crippen LogP contribution < -0.4 is 4.57 Å². The number of halogens is 1. The fourth-order valence-corrected chi connectivity index (χ4v) is 3.22. The van der Waals surface area contributed by atoms with Gasteiger partial charge in [0, 0.05) is 10.6 Å². The smallest absolute Gasteiger partial charge is 0.245 e. The van der Waals surface area contributed by atoms with Crippen molar-refractivity contribution in [1.82, 2.24) is 4.57 Å². The van der Waals surface area contributed by atoms with Crippen molar-refractivity contribution in [2.75, 3.05) is 0 Å². The highest BCUT2D eigenvalue weighted by atomic mass is 35.5. The second kappa shape index (κ2) is 7.30. The van der Waals surface area contributed by atoms with Crippen LogP contribution in [0.1, 0.15) is 38.2 Å². The Morgan fingerprint density at radius 2 is 2.00 bits per heavy atom. The zero-order chi connectivity index (χ0) is 15.4. The predicted molar refractivity (Wildman–Crippen MR) is 87.7 cm³/mol. The van der Waals surface area contributed by atoms with E-state index in [1.54, 1.807) is 0 Å². The second-order valence-corrected chi connectivity index (χ2v) is 6.78. The van der Waals surface area contributed by atoms with Gasteiger partial charge >= 0.3 is 0 Å². The van der Waals surface area contributed by atoms with Crippen LogP contribution in [0, 0.1) is 5.92 Å². The largest absolute Gasteiger partial charge is 0.338 e. The third-order valence-electron chi connectivity index (χ3n) is 4.48. The summed E-state index contributed by atoms with van der Waals surface area (Å²) in [4.78, 5) is 0. The summed E-state index contributed by atoms with van der Waals surface area (Å²) in [5, 5.41) is 0.815. The van der Waals surface area contributed by atoms with Crippen LogP contribution in [-0.4, -0.2) is 10.7 Å². The minimum Gasteiger partial charge on any atom is -0.338 e. The van der Waals surface area contributed by atoms with Gasteiger partial charge in [0.15, 0.2) is 6.73 Å². The second-order valence-electron chi connectivity index (χ2n) is 6.37. The molecule has 3 nitrogen and oxygen atoms in total. The summed E-state index contributed by atoms with van der Waals surface area (Å²) < 4.78 is 10.3. The maximum atomic E-state index is 6.21. The summed E-state index contributed by atoms with van der Waals surface area (Å²) >= 11 is 6.21. The summed E-state index contributed by atoms with van der Waals surface area (Å²) in [6, 6.07) is 7.97. The van der Waals surface area contributed by atoms with E-state index in [1.165, 1.54) is 25.7 Å². The summed E-state index contributed by atoms with van der Waals surface area (Å²) in [7, 11) is 0. The molecule has 1 saturated carbocycles. The Morgan fingerprint density at radius 1 is 1.23 bits per heavy atom. The molecule has 22 heavy (non-hydrogen) atoms. The molecule has 0 atom stereocenters. The molecule has 4 heteroatoms. The van der Waals surface area contributed by atoms with Crippen molar-refractivity contribution < 1.29 is 9.30 Å². The van der Waals surface area contributed by atoms with Gasteiger partial charge in [-0.05, 0) is 37.7 Å². The maximum Gasteiger partial charge on any atom is 0.245 e. The third-order valence-corrected chi connectivity index (χ3v) is 4.85. The molecule has 2 aromatic rings. The van der Waals surface area contributed by atoms with Crippen molar-refractivity contribution in [1.29, 1.82) is 0 Å². The number of rotatable bonds is 5. The molecular weight excluding hydrogens is 296 g/mol. The number of benzene rings is 1. The van der Waals surface area contributed by atoms with Gasteiger partial charge in [-0.1, -0.05) is 36.7 Å². The normalized spacial score (nSPS) is 21.9. The molecule has 0 aliphatic heterocycles. The fourth-order valence-electron chi connectivity index (χ4n) is 3.02. The first-order chi connectivity index (χ1) is 10.7. The minimum absolute atomic E-state index is 0.426. The van der Waals surface area contributed by atoms with E-state index in [9.17, 15) is 0 Å². The van der Waals surface area contributed by atoms with Crippen molar-refractivity contribution >= 4 is 11.6 Å². The zero-order valence-corrected chi connectivity index (χ0v) is 13.9. The zero-order valence-electron chi connectivity index (χ0n) is 13.1. The molecule has 0 spiro atoms. The molecule has 1 fully saturated rings. The summed E-state index contributed by atoms with van der Waals surface area (Å²) in [6.07, 6.45) is 11.6. The van der Waals surface area contributed by atoms with Crippen LogP contribution in [0.3, 0.4) is 0 Å². The van der Waals surface area contributed by atoms with Gasteiger partial charge in [0.25, 0.3) is 0 Å². The van der Waals surface area contributed by atoms with Crippen molar-refractivity contribution in [3.05, 3.63) is 53.6 Å². The molecule has 1 aromatic heterocycles. The van der Waals surface area contributed by atoms with Crippen molar-refractivity contribution in [2.45, 2.75) is 52.0 Å². The summed E-state index contributed by atoms with van der Waals surface area (Å²) in [6.45, 7) is 3.75. The van der Waals surface area contributed by atoms with Crippen LogP contribution in [-0.2, 0) is 18.0 Å². The predicted octanol–water partition coefficient (Wildman–Crippen LogP) is 4.03. The van der Waals surface area contributed by atoms with E-state index in [-0.39, 0.29) is 0 Å². The first kappa shape index (κ1) is 15.6. The molecule has 0 radical (unpaired) electrons. The summed E-state index contributed by atoms with van der Waals surface area (Å²) in [5.74, 6) is 0.865. The van der Waals surface area contributed by atoms with Gasteiger partial charge in [0.1, 0.15) is 18.9 Å². The van der Waals surface area contributed by atoms with Crippen LogP contribution >= 0.6 is 11.6 Å². The van der Waals surface area contributed by atoms with Crippen molar-refractivity contribution in [3.63, 3.8) is 0 Å². The number of ether oxygens (including phenoxy) is 1. The van der Waals surface area contributed by atoms with Crippen molar-refractivity contribution in [3.8, 4) is 0 Å². The summed E-state index contributed by atoms with van der Waals surface area (Å²) in [5.41, 5.74) is 1.13. The Kier molecular flexibility index (Phi) is 5.16. The Hall–Kier alpha value is -1.32. The Bertz CT molecular complexity index is 603. The van der Waals surface area contributed by atoms with E-state index in [1.807, 2.05) is 18.2 Å². The molecule has 0 bridgehead atoms. The Labute approximate surface area is 137 Å². The molecule has 1 aromatic carbocycles. The highest BCUT2D eigenvalue weighted by Gasteiger charge is 2.19. The lowest BCUT2D eigenvalue weighted by Gasteiger charge is -2.25. The Balaban J connectivity index is 1.52. The number of imidazole rings is 1. The highest BCUT2D eigenvalue weighted by Crippen LogP contribution is 2.25. The first-order valence-electron chi connectivity index (χ1n) is 8.10. The number of hydrogen-bond acceptors (Lipinski definition) is 1. The van der Waals surface area contributed by atoms with Crippen LogP contribution in [0.15, 0.2) is 43.0 Å². The van der Waals surface area contributed by atoms with E-state index in [0.29, 0.717) is 12.8 Å². The lowest BCUT2D eigenvalue weighted by atomic mass is 9.89. The molecule has 1 heterocycles. The molecule has 1 aliphatic rings. The van der Waals surface area contributed by atoms with Crippen LogP contribution in [0.25, 0.3) is 0 Å². The SMILES string of the molecule is CC1CCC(OCn2cc[n+](Cc3ccccc3Cl)c2)CC1. The van der Waals surface area contributed by atoms with E-state index in [0.717, 1.165) is 23.0 Å². The molecule has 3 rings (SSSR count). The van der Waals surface area contributed by atoms with Gasteiger partial charge in [0.2, 0.25) is 6.33 Å². The number of hydrogen-bond donors (Lipinski definition) is 0. The van der Waals surface area contributed by atoms with Gasteiger partial charge in [-0.15, -0.1) is 0 Å². The standard InChI is InChI=1S/C18H24ClN2O/c1-15-6-8-17(9-7-15)22-14-21-11-10-20(13-21)12-16-4-2-3-5-18(16)19/h2-5,10-11,13,15,17H,6-9,12,14H2,1H3/q+1. The molecule has 0 unspecified atom stereocenters. The molecule has 0 N–H and O–H groups in total. The van der Waals surface area contributed by atoms with Crippen LogP contribution in [0.4, 0.5) is 0 Å². The van der Waals surface area contributed by atoms with Crippen LogP contribution in [0.2, 0.25) is 5.02 Å². The average Bonchev–Trinajstić information content (AvgIpc) is 2.97. The van der Waals surface area contributed by atoms with Gasteiger partial charge in [0.05, 0.1) is 6.10 Å². The average molecular weight is 320 g/mol. The van der Waals surface area contributed by atoms with E-state index >= 15 is 0 Å². The molecule has 0 saturated heterocycles. The third kappa shape index (κ3) is 4.11. The van der Waals surface area contributed by atoms with E-state index in [4.69, 9.17) is 16.3 Å². The van der Waals surface area contributed by atoms with Gasteiger partial charge in [-0.25, -0.2) is 9.13 Å². The van der Waals surface area contributed by atoms with Gasteiger partial charge in [-0.3, -0.25) is 0 Å².